The third kappa shape index (κ3) is 4.99. The third-order valence-electron chi connectivity index (χ3n) is 2.88. The van der Waals surface area contributed by atoms with Gasteiger partial charge in [0.25, 0.3) is 5.91 Å². The smallest absolute Gasteiger partial charge is 0.343 e. The highest BCUT2D eigenvalue weighted by molar-refractivity contribution is 9.10. The first-order chi connectivity index (χ1) is 11.3. The molecule has 0 fully saturated rings. The van der Waals surface area contributed by atoms with E-state index in [1.165, 1.54) is 25.2 Å². The van der Waals surface area contributed by atoms with Crippen molar-refractivity contribution in [2.45, 2.75) is 0 Å². The highest BCUT2D eigenvalue weighted by Crippen LogP contribution is 2.37. The van der Waals surface area contributed by atoms with E-state index in [-0.39, 0.29) is 12.2 Å². The van der Waals surface area contributed by atoms with Crippen molar-refractivity contribution in [1.29, 1.82) is 5.26 Å². The number of carbonyl (C=O) groups excluding carboxylic acids is 2. The number of likely N-dealkylation sites (N-methyl/N-ethyl adjacent to an activating group) is 1. The number of ether oxygens (including phenoxy) is 3. The molecule has 0 aliphatic carbocycles. The molecular weight excluding hydrogens is 380 g/mol. The molecule has 0 N–H and O–H groups in total. The number of esters is 1. The molecule has 1 amide bonds. The van der Waals surface area contributed by atoms with Gasteiger partial charge in [-0.2, -0.15) is 5.26 Å². The summed E-state index contributed by atoms with van der Waals surface area (Å²) < 4.78 is 15.6. The van der Waals surface area contributed by atoms with Crippen LogP contribution < -0.4 is 9.47 Å². The first-order valence-electron chi connectivity index (χ1n) is 6.74. The predicted molar refractivity (Wildman–Crippen MR) is 90.5 cm³/mol. The fourth-order valence-corrected chi connectivity index (χ4v) is 2.28. The number of nitrogens with zero attached hydrogens (tertiary/aromatic N) is 2. The molecule has 7 nitrogen and oxygen atoms in total. The summed E-state index contributed by atoms with van der Waals surface area (Å²) in [4.78, 5) is 24.4. The summed E-state index contributed by atoms with van der Waals surface area (Å²) in [6.07, 6.45) is 1.44. The molecule has 0 spiro atoms. The van der Waals surface area contributed by atoms with Crippen molar-refractivity contribution in [3.05, 3.63) is 27.7 Å². The minimum absolute atomic E-state index is 0.0165. The fourth-order valence-electron chi connectivity index (χ4n) is 1.70. The number of halogens is 1. The van der Waals surface area contributed by atoms with Gasteiger partial charge in [0.15, 0.2) is 18.1 Å². The van der Waals surface area contributed by atoms with Crippen molar-refractivity contribution >= 4 is 33.9 Å². The van der Waals surface area contributed by atoms with Gasteiger partial charge in [-0.05, 0) is 39.7 Å². The van der Waals surface area contributed by atoms with Crippen LogP contribution in [0.4, 0.5) is 0 Å². The quantitative estimate of drug-likeness (QED) is 0.415. The number of hydrogen-bond donors (Lipinski definition) is 0. The van der Waals surface area contributed by atoms with E-state index >= 15 is 0 Å². The van der Waals surface area contributed by atoms with Crippen molar-refractivity contribution < 1.29 is 23.8 Å². The first-order valence-corrected chi connectivity index (χ1v) is 7.54. The largest absolute Gasteiger partial charge is 0.493 e. The summed E-state index contributed by atoms with van der Waals surface area (Å²) >= 11 is 3.32. The molecule has 0 aromatic heterocycles. The Morgan fingerprint density at radius 1 is 1.33 bits per heavy atom. The highest BCUT2D eigenvalue weighted by Gasteiger charge is 2.15. The Morgan fingerprint density at radius 2 is 2.00 bits per heavy atom. The van der Waals surface area contributed by atoms with Crippen molar-refractivity contribution in [2.75, 3.05) is 34.9 Å². The molecule has 0 aliphatic rings. The van der Waals surface area contributed by atoms with E-state index in [1.807, 2.05) is 6.07 Å². The normalized spacial score (nSPS) is 10.6. The maximum absolute atomic E-state index is 11.9. The molecule has 0 bridgehead atoms. The molecule has 128 valence electrons. The topological polar surface area (TPSA) is 88.9 Å². The molecule has 24 heavy (non-hydrogen) atoms. The highest BCUT2D eigenvalue weighted by atomic mass is 79.9. The van der Waals surface area contributed by atoms with Gasteiger partial charge in [0.05, 0.1) is 18.7 Å². The molecule has 0 radical (unpaired) electrons. The zero-order valence-corrected chi connectivity index (χ0v) is 15.3. The summed E-state index contributed by atoms with van der Waals surface area (Å²) in [6.45, 7) is -0.275. The lowest BCUT2D eigenvalue weighted by Gasteiger charge is -2.13. The van der Waals surface area contributed by atoms with Crippen molar-refractivity contribution in [2.24, 2.45) is 0 Å². The zero-order chi connectivity index (χ0) is 18.3. The molecule has 1 aromatic carbocycles. The van der Waals surface area contributed by atoms with Crippen molar-refractivity contribution in [3.8, 4) is 17.6 Å². The zero-order valence-electron chi connectivity index (χ0n) is 13.8. The van der Waals surface area contributed by atoms with Crippen LogP contribution in [-0.2, 0) is 14.3 Å². The van der Waals surface area contributed by atoms with Crippen LogP contribution in [0.3, 0.4) is 0 Å². The Labute approximate surface area is 148 Å². The molecule has 1 rings (SSSR count). The van der Waals surface area contributed by atoms with Crippen LogP contribution in [0.15, 0.2) is 22.2 Å². The second-order valence-electron chi connectivity index (χ2n) is 4.77. The molecule has 0 heterocycles. The fraction of sp³-hybridized carbons (Fsp3) is 0.312. The van der Waals surface area contributed by atoms with Gasteiger partial charge >= 0.3 is 5.97 Å². The Morgan fingerprint density at radius 3 is 2.50 bits per heavy atom. The van der Waals surface area contributed by atoms with Gasteiger partial charge in [-0.3, -0.25) is 4.79 Å². The van der Waals surface area contributed by atoms with E-state index in [0.717, 1.165) is 0 Å². The molecule has 8 heteroatoms. The summed E-state index contributed by atoms with van der Waals surface area (Å²) in [7, 11) is 5.83. The lowest BCUT2D eigenvalue weighted by molar-refractivity contribution is -0.143. The monoisotopic (exact) mass is 396 g/mol. The SMILES string of the molecule is COC(=O)COc1c(Br)cc(/C=C(/C#N)C(=O)N(C)C)cc1OC. The van der Waals surface area contributed by atoms with E-state index in [1.54, 1.807) is 26.2 Å². The minimum Gasteiger partial charge on any atom is -0.493 e. The van der Waals surface area contributed by atoms with Gasteiger partial charge in [-0.25, -0.2) is 4.79 Å². The molecule has 0 atom stereocenters. The van der Waals surface area contributed by atoms with Crippen molar-refractivity contribution in [3.63, 3.8) is 0 Å². The number of rotatable bonds is 6. The predicted octanol–water partition coefficient (Wildman–Crippen LogP) is 2.00. The van der Waals surface area contributed by atoms with Crippen LogP contribution in [0.25, 0.3) is 6.08 Å². The summed E-state index contributed by atoms with van der Waals surface area (Å²) in [5, 5.41) is 9.14. The second-order valence-corrected chi connectivity index (χ2v) is 5.62. The maximum atomic E-state index is 11.9. The lowest BCUT2D eigenvalue weighted by Crippen LogP contribution is -2.22. The van der Waals surface area contributed by atoms with Crippen LogP contribution >= 0.6 is 15.9 Å². The van der Waals surface area contributed by atoms with E-state index in [4.69, 9.17) is 14.7 Å². The summed E-state index contributed by atoms with van der Waals surface area (Å²) in [5.41, 5.74) is 0.549. The van der Waals surface area contributed by atoms with Crippen LogP contribution in [0.2, 0.25) is 0 Å². The number of nitriles is 1. The Kier molecular flexibility index (Phi) is 7.27. The number of benzene rings is 1. The van der Waals surface area contributed by atoms with Crippen LogP contribution in [0, 0.1) is 11.3 Å². The van der Waals surface area contributed by atoms with Gasteiger partial charge in [-0.15, -0.1) is 0 Å². The van der Waals surface area contributed by atoms with E-state index < -0.39 is 11.9 Å². The molecule has 1 aromatic rings. The summed E-state index contributed by atoms with van der Waals surface area (Å²) in [5.74, 6) is -0.276. The number of amides is 1. The van der Waals surface area contributed by atoms with Gasteiger partial charge in [-0.1, -0.05) is 0 Å². The Hall–Kier alpha value is -2.53. The average Bonchev–Trinajstić information content (AvgIpc) is 2.56. The summed E-state index contributed by atoms with van der Waals surface area (Å²) in [6, 6.07) is 5.12. The number of hydrogen-bond acceptors (Lipinski definition) is 6. The molecular formula is C16H17BrN2O5. The molecule has 0 saturated heterocycles. The van der Waals surface area contributed by atoms with E-state index in [2.05, 4.69) is 20.7 Å². The van der Waals surface area contributed by atoms with Crippen molar-refractivity contribution in [1.82, 2.24) is 4.90 Å². The molecule has 0 unspecified atom stereocenters. The van der Waals surface area contributed by atoms with Crippen LogP contribution in [0.5, 0.6) is 11.5 Å². The van der Waals surface area contributed by atoms with E-state index in [0.29, 0.717) is 21.5 Å². The maximum Gasteiger partial charge on any atom is 0.343 e. The van der Waals surface area contributed by atoms with Gasteiger partial charge in [0.1, 0.15) is 11.6 Å². The molecule has 0 aliphatic heterocycles. The van der Waals surface area contributed by atoms with Gasteiger partial charge < -0.3 is 19.1 Å². The number of methoxy groups -OCH3 is 2. The lowest BCUT2D eigenvalue weighted by atomic mass is 10.1. The Bertz CT molecular complexity index is 707. The van der Waals surface area contributed by atoms with Crippen LogP contribution in [-0.4, -0.2) is 51.7 Å². The van der Waals surface area contributed by atoms with E-state index in [9.17, 15) is 9.59 Å². The average molecular weight is 397 g/mol. The second kappa shape index (κ2) is 8.93. The first kappa shape index (κ1) is 19.5. The van der Waals surface area contributed by atoms with Gasteiger partial charge in [0.2, 0.25) is 0 Å². The number of carbonyl (C=O) groups is 2. The van der Waals surface area contributed by atoms with Crippen LogP contribution in [0.1, 0.15) is 5.56 Å². The minimum atomic E-state index is -0.531. The Balaban J connectivity index is 3.21. The standard InChI is InChI=1S/C16H17BrN2O5/c1-19(2)16(21)11(8-18)5-10-6-12(17)15(13(7-10)22-3)24-9-14(20)23-4/h5-7H,9H2,1-4H3/b11-5-. The van der Waals surface area contributed by atoms with Gasteiger partial charge in [0, 0.05) is 14.1 Å². The third-order valence-corrected chi connectivity index (χ3v) is 3.47. The molecule has 0 saturated carbocycles.